The maximum atomic E-state index is 13.7. The van der Waals surface area contributed by atoms with E-state index in [9.17, 15) is 4.79 Å². The fourth-order valence-corrected chi connectivity index (χ4v) is 4.43. The number of benzene rings is 1. The lowest BCUT2D eigenvalue weighted by atomic mass is 9.95. The molecule has 2 N–H and O–H groups in total. The van der Waals surface area contributed by atoms with E-state index in [1.807, 2.05) is 41.8 Å². The number of H-pyrrole nitrogens is 1. The number of anilines is 1. The molecule has 0 radical (unpaired) electrons. The van der Waals surface area contributed by atoms with Gasteiger partial charge in [-0.2, -0.15) is 0 Å². The normalized spacial score (nSPS) is 19.2. The molecule has 0 amide bonds. The minimum absolute atomic E-state index is 0.101. The van der Waals surface area contributed by atoms with Crippen molar-refractivity contribution in [3.8, 4) is 0 Å². The number of hydrogen-bond donors (Lipinski definition) is 2. The van der Waals surface area contributed by atoms with E-state index in [1.165, 1.54) is 6.33 Å². The Kier molecular flexibility index (Phi) is 4.82. The molecule has 1 aliphatic carbocycles. The van der Waals surface area contributed by atoms with Crippen LogP contribution in [0.1, 0.15) is 31.6 Å². The number of nitrogens with zero attached hydrogens (tertiary/aromatic N) is 4. The molecule has 0 spiro atoms. The summed E-state index contributed by atoms with van der Waals surface area (Å²) in [5.74, 6) is 0.766. The average molecular weight is 433 g/mol. The molecule has 4 aromatic rings. The molecule has 1 aliphatic rings. The van der Waals surface area contributed by atoms with E-state index >= 15 is 0 Å². The van der Waals surface area contributed by atoms with Crippen LogP contribution in [0.3, 0.4) is 0 Å². The lowest BCUT2D eigenvalue weighted by molar-refractivity contribution is 0.454. The third-order valence-electron chi connectivity index (χ3n) is 5.75. The SMILES string of the molecule is CC1C=CC=CC1n1c([C@H](C)Nc2ncnc3[nH]cnc23)cc2cccc(Cl)c2c1=O. The van der Waals surface area contributed by atoms with Gasteiger partial charge in [-0.15, -0.1) is 0 Å². The third-order valence-corrected chi connectivity index (χ3v) is 6.06. The third kappa shape index (κ3) is 3.31. The summed E-state index contributed by atoms with van der Waals surface area (Å²) in [5, 5.41) is 5.23. The number of nitrogens with one attached hydrogen (secondary N) is 2. The summed E-state index contributed by atoms with van der Waals surface area (Å²) in [6.45, 7) is 4.11. The maximum Gasteiger partial charge on any atom is 0.260 e. The van der Waals surface area contributed by atoms with Crippen LogP contribution in [0, 0.1) is 5.92 Å². The molecule has 2 unspecified atom stereocenters. The van der Waals surface area contributed by atoms with Crippen molar-refractivity contribution in [1.29, 1.82) is 0 Å². The van der Waals surface area contributed by atoms with Crippen LogP contribution in [0.15, 0.2) is 66.0 Å². The van der Waals surface area contributed by atoms with Gasteiger partial charge < -0.3 is 14.9 Å². The van der Waals surface area contributed by atoms with Gasteiger partial charge in [0.15, 0.2) is 11.5 Å². The van der Waals surface area contributed by atoms with Crippen molar-refractivity contribution in [1.82, 2.24) is 24.5 Å². The molecule has 3 heterocycles. The molecule has 31 heavy (non-hydrogen) atoms. The molecule has 3 aromatic heterocycles. The van der Waals surface area contributed by atoms with Gasteiger partial charge in [0.1, 0.15) is 11.8 Å². The molecular weight excluding hydrogens is 412 g/mol. The van der Waals surface area contributed by atoms with Crippen molar-refractivity contribution in [2.45, 2.75) is 25.9 Å². The van der Waals surface area contributed by atoms with Crippen LogP contribution in [0.25, 0.3) is 21.9 Å². The fourth-order valence-electron chi connectivity index (χ4n) is 4.17. The largest absolute Gasteiger partial charge is 0.360 e. The summed E-state index contributed by atoms with van der Waals surface area (Å²) in [5.41, 5.74) is 2.05. The summed E-state index contributed by atoms with van der Waals surface area (Å²) in [6.07, 6.45) is 11.2. The molecule has 0 saturated heterocycles. The van der Waals surface area contributed by atoms with Crippen LogP contribution in [-0.2, 0) is 0 Å². The number of allylic oxidation sites excluding steroid dienone is 4. The Labute approximate surface area is 183 Å². The molecule has 156 valence electrons. The molecule has 8 heteroatoms. The van der Waals surface area contributed by atoms with Gasteiger partial charge in [-0.05, 0) is 30.4 Å². The number of hydrogen-bond acceptors (Lipinski definition) is 5. The molecule has 1 aromatic carbocycles. The second kappa shape index (κ2) is 7.67. The number of rotatable bonds is 4. The van der Waals surface area contributed by atoms with Crippen LogP contribution >= 0.6 is 11.6 Å². The molecular formula is C23H21ClN6O. The Morgan fingerprint density at radius 3 is 2.87 bits per heavy atom. The first kappa shape index (κ1) is 19.5. The second-order valence-electron chi connectivity index (χ2n) is 7.76. The Balaban J connectivity index is 1.69. The summed E-state index contributed by atoms with van der Waals surface area (Å²) in [6, 6.07) is 7.22. The predicted molar refractivity (Wildman–Crippen MR) is 123 cm³/mol. The lowest BCUT2D eigenvalue weighted by Crippen LogP contribution is -2.32. The van der Waals surface area contributed by atoms with E-state index in [4.69, 9.17) is 11.6 Å². The number of halogens is 1. The highest BCUT2D eigenvalue weighted by Crippen LogP contribution is 2.31. The van der Waals surface area contributed by atoms with Gasteiger partial charge in [0.2, 0.25) is 0 Å². The van der Waals surface area contributed by atoms with Gasteiger partial charge in [-0.1, -0.05) is 55.0 Å². The van der Waals surface area contributed by atoms with Crippen LogP contribution < -0.4 is 10.9 Å². The van der Waals surface area contributed by atoms with Crippen molar-refractivity contribution in [3.63, 3.8) is 0 Å². The molecule has 0 fully saturated rings. The van der Waals surface area contributed by atoms with E-state index in [2.05, 4.69) is 44.3 Å². The Morgan fingerprint density at radius 1 is 1.19 bits per heavy atom. The van der Waals surface area contributed by atoms with E-state index in [0.29, 0.717) is 27.4 Å². The quantitative estimate of drug-likeness (QED) is 0.483. The first-order valence-corrected chi connectivity index (χ1v) is 10.5. The number of imidazole rings is 1. The maximum absolute atomic E-state index is 13.7. The van der Waals surface area contributed by atoms with Gasteiger partial charge in [0.25, 0.3) is 5.56 Å². The number of fused-ring (bicyclic) bond motifs is 2. The van der Waals surface area contributed by atoms with E-state index < -0.39 is 0 Å². The van der Waals surface area contributed by atoms with E-state index in [-0.39, 0.29) is 23.6 Å². The monoisotopic (exact) mass is 432 g/mol. The van der Waals surface area contributed by atoms with Crippen molar-refractivity contribution in [2.24, 2.45) is 5.92 Å². The van der Waals surface area contributed by atoms with Crippen LogP contribution in [-0.4, -0.2) is 24.5 Å². The lowest BCUT2D eigenvalue weighted by Gasteiger charge is -2.29. The summed E-state index contributed by atoms with van der Waals surface area (Å²) in [7, 11) is 0. The molecule has 5 rings (SSSR count). The minimum atomic E-state index is -0.225. The fraction of sp³-hybridized carbons (Fsp3) is 0.217. The second-order valence-corrected chi connectivity index (χ2v) is 8.16. The Hall–Kier alpha value is -3.45. The molecule has 0 aliphatic heterocycles. The summed E-state index contributed by atoms with van der Waals surface area (Å²) < 4.78 is 1.85. The van der Waals surface area contributed by atoms with Gasteiger partial charge in [-0.3, -0.25) is 4.79 Å². The van der Waals surface area contributed by atoms with Crippen LogP contribution in [0.4, 0.5) is 5.82 Å². The van der Waals surface area contributed by atoms with Crippen molar-refractivity contribution in [3.05, 3.63) is 82.3 Å². The molecule has 0 bridgehead atoms. The van der Waals surface area contributed by atoms with Crippen molar-refractivity contribution in [2.75, 3.05) is 5.32 Å². The van der Waals surface area contributed by atoms with Gasteiger partial charge in [-0.25, -0.2) is 15.0 Å². The van der Waals surface area contributed by atoms with Crippen LogP contribution in [0.5, 0.6) is 0 Å². The number of aromatic nitrogens is 5. The van der Waals surface area contributed by atoms with Crippen molar-refractivity contribution < 1.29 is 0 Å². The zero-order chi connectivity index (χ0) is 21.5. The average Bonchev–Trinajstić information content (AvgIpc) is 3.24. The van der Waals surface area contributed by atoms with Crippen LogP contribution in [0.2, 0.25) is 5.02 Å². The van der Waals surface area contributed by atoms with Gasteiger partial charge >= 0.3 is 0 Å². The smallest absolute Gasteiger partial charge is 0.260 e. The summed E-state index contributed by atoms with van der Waals surface area (Å²) >= 11 is 6.43. The molecule has 3 atom stereocenters. The molecule has 7 nitrogen and oxygen atoms in total. The zero-order valence-corrected chi connectivity index (χ0v) is 17.8. The van der Waals surface area contributed by atoms with E-state index in [1.54, 1.807) is 12.4 Å². The first-order chi connectivity index (χ1) is 15.0. The highest BCUT2D eigenvalue weighted by molar-refractivity contribution is 6.35. The standard InChI is InChI=1S/C23H21ClN6O/c1-13-6-3-4-9-17(13)30-18(10-15-7-5-8-16(24)19(15)23(30)31)14(2)29-22-20-21(26-11-25-20)27-12-28-22/h3-14,17H,1-2H3,(H2,25,26,27,28,29)/t13?,14-,17?/m0/s1. The highest BCUT2D eigenvalue weighted by Gasteiger charge is 2.25. The van der Waals surface area contributed by atoms with E-state index in [0.717, 1.165) is 11.1 Å². The Morgan fingerprint density at radius 2 is 2.03 bits per heavy atom. The number of aromatic amines is 1. The summed E-state index contributed by atoms with van der Waals surface area (Å²) in [4.78, 5) is 29.6. The first-order valence-electron chi connectivity index (χ1n) is 10.1. The Bertz CT molecular complexity index is 1400. The van der Waals surface area contributed by atoms with Gasteiger partial charge in [0.05, 0.1) is 28.8 Å². The van der Waals surface area contributed by atoms with Gasteiger partial charge in [0, 0.05) is 5.69 Å². The number of pyridine rings is 1. The molecule has 0 saturated carbocycles. The minimum Gasteiger partial charge on any atom is -0.360 e. The van der Waals surface area contributed by atoms with Crippen molar-refractivity contribution >= 4 is 39.4 Å². The topological polar surface area (TPSA) is 88.5 Å². The highest BCUT2D eigenvalue weighted by atomic mass is 35.5. The zero-order valence-electron chi connectivity index (χ0n) is 17.1. The predicted octanol–water partition coefficient (Wildman–Crippen LogP) is 4.80.